The zero-order valence-electron chi connectivity index (χ0n) is 13.7. The number of hydrazone groups is 1. The number of rotatable bonds is 3. The largest absolute Gasteiger partial charge is 0.257 e. The molecule has 0 amide bonds. The fourth-order valence-electron chi connectivity index (χ4n) is 3.10. The summed E-state index contributed by atoms with van der Waals surface area (Å²) >= 11 is 15.6. The second-order valence-corrected chi connectivity index (χ2v) is 7.93. The first-order valence-corrected chi connectivity index (χ1v) is 9.79. The van der Waals surface area contributed by atoms with Crippen LogP contribution in [0, 0.1) is 0 Å². The Bertz CT molecular complexity index is 935. The van der Waals surface area contributed by atoms with Crippen LogP contribution in [0.5, 0.6) is 0 Å². The Kier molecular flexibility index (Phi) is 5.03. The standard InChI is InChI=1S/C21H15BrCl2N2/c22-16-5-1-15(2-6-16)21-13-20(14-3-7-17(23)8-4-14)25-26(21)19-11-9-18(24)10-12-19/h1-12,21H,13H2. The van der Waals surface area contributed by atoms with Crippen LogP contribution < -0.4 is 5.01 Å². The van der Waals surface area contributed by atoms with Gasteiger partial charge < -0.3 is 0 Å². The van der Waals surface area contributed by atoms with Gasteiger partial charge in [0.2, 0.25) is 0 Å². The summed E-state index contributed by atoms with van der Waals surface area (Å²) in [5, 5.41) is 8.44. The highest BCUT2D eigenvalue weighted by molar-refractivity contribution is 9.10. The van der Waals surface area contributed by atoms with Crippen molar-refractivity contribution < 1.29 is 0 Å². The van der Waals surface area contributed by atoms with Crippen LogP contribution in [0.1, 0.15) is 23.6 Å². The van der Waals surface area contributed by atoms with E-state index in [0.29, 0.717) is 0 Å². The van der Waals surface area contributed by atoms with Crippen LogP contribution in [0.3, 0.4) is 0 Å². The Labute approximate surface area is 171 Å². The zero-order valence-corrected chi connectivity index (χ0v) is 16.8. The van der Waals surface area contributed by atoms with Crippen molar-refractivity contribution in [2.45, 2.75) is 12.5 Å². The number of benzene rings is 3. The molecular weight excluding hydrogens is 431 g/mol. The summed E-state index contributed by atoms with van der Waals surface area (Å²) in [5.74, 6) is 0. The molecule has 0 N–H and O–H groups in total. The number of halogens is 3. The quantitative estimate of drug-likeness (QED) is 0.419. The Morgan fingerprint density at radius 1 is 0.808 bits per heavy atom. The van der Waals surface area contributed by atoms with E-state index in [1.54, 1.807) is 0 Å². The summed E-state index contributed by atoms with van der Waals surface area (Å²) in [4.78, 5) is 0. The Balaban J connectivity index is 1.74. The average Bonchev–Trinajstić information content (AvgIpc) is 3.09. The molecule has 5 heteroatoms. The molecule has 0 aliphatic carbocycles. The van der Waals surface area contributed by atoms with Crippen molar-refractivity contribution in [1.29, 1.82) is 0 Å². The van der Waals surface area contributed by atoms with Gasteiger partial charge in [0.05, 0.1) is 17.4 Å². The second-order valence-electron chi connectivity index (χ2n) is 6.15. The maximum Gasteiger partial charge on any atom is 0.0831 e. The van der Waals surface area contributed by atoms with Crippen molar-refractivity contribution in [1.82, 2.24) is 0 Å². The molecule has 0 saturated carbocycles. The molecule has 0 saturated heterocycles. The lowest BCUT2D eigenvalue weighted by Crippen LogP contribution is -2.18. The summed E-state index contributed by atoms with van der Waals surface area (Å²) in [6.07, 6.45) is 0.825. The van der Waals surface area contributed by atoms with Crippen molar-refractivity contribution in [2.24, 2.45) is 5.10 Å². The lowest BCUT2D eigenvalue weighted by molar-refractivity contribution is 0.709. The van der Waals surface area contributed by atoms with E-state index in [2.05, 4.69) is 45.2 Å². The van der Waals surface area contributed by atoms with Crippen LogP contribution in [0.2, 0.25) is 10.0 Å². The van der Waals surface area contributed by atoms with Gasteiger partial charge in [0, 0.05) is 20.9 Å². The third-order valence-corrected chi connectivity index (χ3v) is 5.47. The molecule has 0 spiro atoms. The molecule has 0 aromatic heterocycles. The molecule has 0 fully saturated rings. The molecule has 2 nitrogen and oxygen atoms in total. The van der Waals surface area contributed by atoms with Crippen LogP contribution >= 0.6 is 39.1 Å². The van der Waals surface area contributed by atoms with E-state index in [1.165, 1.54) is 5.56 Å². The summed E-state index contributed by atoms with van der Waals surface area (Å²) < 4.78 is 1.07. The number of nitrogens with zero attached hydrogens (tertiary/aromatic N) is 2. The highest BCUT2D eigenvalue weighted by Crippen LogP contribution is 2.37. The van der Waals surface area contributed by atoms with Gasteiger partial charge in [-0.15, -0.1) is 0 Å². The van der Waals surface area contributed by atoms with Gasteiger partial charge in [0.25, 0.3) is 0 Å². The van der Waals surface area contributed by atoms with E-state index in [1.807, 2.05) is 48.5 Å². The number of hydrogen-bond acceptors (Lipinski definition) is 2. The van der Waals surface area contributed by atoms with Gasteiger partial charge in [-0.25, -0.2) is 0 Å². The molecule has 1 unspecified atom stereocenters. The molecule has 1 aliphatic heterocycles. The van der Waals surface area contributed by atoms with Crippen molar-refractivity contribution in [2.75, 3.05) is 5.01 Å². The molecule has 3 aromatic rings. The minimum atomic E-state index is 0.134. The van der Waals surface area contributed by atoms with Crippen molar-refractivity contribution in [3.05, 3.63) is 98.4 Å². The Morgan fingerprint density at radius 2 is 1.38 bits per heavy atom. The topological polar surface area (TPSA) is 15.6 Å². The van der Waals surface area contributed by atoms with E-state index in [9.17, 15) is 0 Å². The second kappa shape index (κ2) is 7.43. The van der Waals surface area contributed by atoms with E-state index < -0.39 is 0 Å². The molecular formula is C21H15BrCl2N2. The van der Waals surface area contributed by atoms with Crippen molar-refractivity contribution in [3.63, 3.8) is 0 Å². The third-order valence-electron chi connectivity index (χ3n) is 4.43. The first kappa shape index (κ1) is 17.6. The molecule has 130 valence electrons. The molecule has 4 rings (SSSR count). The summed E-state index contributed by atoms with van der Waals surface area (Å²) in [6, 6.07) is 24.2. The first-order valence-electron chi connectivity index (χ1n) is 8.24. The highest BCUT2D eigenvalue weighted by Gasteiger charge is 2.29. The van der Waals surface area contributed by atoms with Gasteiger partial charge >= 0.3 is 0 Å². The van der Waals surface area contributed by atoms with E-state index in [0.717, 1.165) is 37.9 Å². The van der Waals surface area contributed by atoms with E-state index in [-0.39, 0.29) is 6.04 Å². The summed E-state index contributed by atoms with van der Waals surface area (Å²) in [5.41, 5.74) is 4.37. The summed E-state index contributed by atoms with van der Waals surface area (Å²) in [7, 11) is 0. The van der Waals surface area contributed by atoms with Gasteiger partial charge in [-0.3, -0.25) is 5.01 Å². The minimum Gasteiger partial charge on any atom is -0.257 e. The predicted molar refractivity (Wildman–Crippen MR) is 113 cm³/mol. The molecule has 0 radical (unpaired) electrons. The van der Waals surface area contributed by atoms with Crippen LogP contribution in [0.4, 0.5) is 5.69 Å². The highest BCUT2D eigenvalue weighted by atomic mass is 79.9. The van der Waals surface area contributed by atoms with Gasteiger partial charge in [-0.05, 0) is 59.7 Å². The van der Waals surface area contributed by atoms with Crippen molar-refractivity contribution in [3.8, 4) is 0 Å². The minimum absolute atomic E-state index is 0.134. The van der Waals surface area contributed by atoms with Crippen molar-refractivity contribution >= 4 is 50.5 Å². The zero-order chi connectivity index (χ0) is 18.1. The normalized spacial score (nSPS) is 16.7. The molecule has 1 aliphatic rings. The summed E-state index contributed by atoms with van der Waals surface area (Å²) in [6.45, 7) is 0. The maximum atomic E-state index is 6.06. The van der Waals surface area contributed by atoms with Crippen LogP contribution in [0.15, 0.2) is 82.4 Å². The van der Waals surface area contributed by atoms with E-state index in [4.69, 9.17) is 28.3 Å². The lowest BCUT2D eigenvalue weighted by atomic mass is 9.98. The van der Waals surface area contributed by atoms with Gasteiger partial charge in [-0.2, -0.15) is 5.10 Å². The smallest absolute Gasteiger partial charge is 0.0831 e. The van der Waals surface area contributed by atoms with Gasteiger partial charge in [0.15, 0.2) is 0 Å². The molecule has 0 bridgehead atoms. The van der Waals surface area contributed by atoms with Crippen LogP contribution in [0.25, 0.3) is 0 Å². The monoisotopic (exact) mass is 444 g/mol. The van der Waals surface area contributed by atoms with Gasteiger partial charge in [0.1, 0.15) is 0 Å². The Morgan fingerprint density at radius 3 is 2.00 bits per heavy atom. The van der Waals surface area contributed by atoms with Crippen LogP contribution in [-0.2, 0) is 0 Å². The first-order chi connectivity index (χ1) is 12.6. The predicted octanol–water partition coefficient (Wildman–Crippen LogP) is 7.11. The maximum absolute atomic E-state index is 6.06. The average molecular weight is 446 g/mol. The number of hydrogen-bond donors (Lipinski definition) is 0. The third kappa shape index (κ3) is 3.66. The fraction of sp³-hybridized carbons (Fsp3) is 0.0952. The molecule has 1 atom stereocenters. The molecule has 3 aromatic carbocycles. The van der Waals surface area contributed by atoms with Gasteiger partial charge in [-0.1, -0.05) is 63.4 Å². The fourth-order valence-corrected chi connectivity index (χ4v) is 3.62. The van der Waals surface area contributed by atoms with Crippen LogP contribution in [-0.4, -0.2) is 5.71 Å². The van der Waals surface area contributed by atoms with E-state index >= 15 is 0 Å². The number of anilines is 1. The SMILES string of the molecule is Clc1ccc(C2=NN(c3ccc(Cl)cc3)C(c3ccc(Br)cc3)C2)cc1. The molecule has 1 heterocycles. The molecule has 26 heavy (non-hydrogen) atoms. The Hall–Kier alpha value is -1.81. The lowest BCUT2D eigenvalue weighted by Gasteiger charge is -2.24.